The summed E-state index contributed by atoms with van der Waals surface area (Å²) < 4.78 is 0. The van der Waals surface area contributed by atoms with Gasteiger partial charge < -0.3 is 15.3 Å². The lowest BCUT2D eigenvalue weighted by molar-refractivity contribution is -0.165. The number of hydrogen-bond acceptors (Lipinski definition) is 4. The Morgan fingerprint density at radius 2 is 1.72 bits per heavy atom. The molecule has 2 aliphatic rings. The largest absolute Gasteiger partial charge is 0.390 e. The van der Waals surface area contributed by atoms with Crippen molar-refractivity contribution in [1.29, 1.82) is 0 Å². The Balaban J connectivity index is 1.72. The molecule has 2 N–H and O–H groups in total. The predicted octanol–water partition coefficient (Wildman–Crippen LogP) is 3.29. The van der Waals surface area contributed by atoms with Crippen molar-refractivity contribution in [2.24, 2.45) is 5.92 Å². The van der Waals surface area contributed by atoms with E-state index in [1.165, 1.54) is 11.1 Å². The van der Waals surface area contributed by atoms with Crippen LogP contribution in [0.15, 0.2) is 24.3 Å². The Morgan fingerprint density at radius 1 is 1.09 bits per heavy atom. The van der Waals surface area contributed by atoms with E-state index in [0.717, 1.165) is 32.5 Å². The molecule has 3 rings (SSSR count). The molecule has 2 fully saturated rings. The van der Waals surface area contributed by atoms with Gasteiger partial charge in [0.05, 0.1) is 6.10 Å². The van der Waals surface area contributed by atoms with E-state index in [1.807, 2.05) is 13.8 Å². The standard InChI is InChI=1S/C26H41N3O3/c1-6-7-14-29-24(31)22(23(30)19(4)5)27-25(32)26(29)12-15-28(16-13-26)17-20-8-10-21(11-9-20)18(2)3/h8-11,18-19,22-23,30H,6-7,12-17H2,1-5H3,(H,27,32)/t22-,23-/m1/s1. The van der Waals surface area contributed by atoms with Crippen molar-refractivity contribution in [3.8, 4) is 0 Å². The smallest absolute Gasteiger partial charge is 0.248 e. The van der Waals surface area contributed by atoms with Gasteiger partial charge in [0, 0.05) is 26.2 Å². The van der Waals surface area contributed by atoms with E-state index in [0.29, 0.717) is 25.3 Å². The summed E-state index contributed by atoms with van der Waals surface area (Å²) in [6, 6.07) is 7.95. The molecule has 178 valence electrons. The molecule has 0 bridgehead atoms. The minimum Gasteiger partial charge on any atom is -0.390 e. The van der Waals surface area contributed by atoms with Gasteiger partial charge in [-0.05, 0) is 42.2 Å². The van der Waals surface area contributed by atoms with Crippen LogP contribution in [-0.4, -0.2) is 64.0 Å². The Kier molecular flexibility index (Phi) is 7.99. The van der Waals surface area contributed by atoms with Gasteiger partial charge in [-0.1, -0.05) is 65.3 Å². The van der Waals surface area contributed by atoms with Gasteiger partial charge in [0.25, 0.3) is 0 Å². The fourth-order valence-corrected chi connectivity index (χ4v) is 4.94. The van der Waals surface area contributed by atoms with E-state index >= 15 is 0 Å². The van der Waals surface area contributed by atoms with Gasteiger partial charge in [-0.25, -0.2) is 0 Å². The minimum atomic E-state index is -0.873. The normalized spacial score (nSPS) is 22.6. The van der Waals surface area contributed by atoms with E-state index in [2.05, 4.69) is 55.3 Å². The van der Waals surface area contributed by atoms with Gasteiger partial charge in [-0.3, -0.25) is 14.5 Å². The lowest BCUT2D eigenvalue weighted by Crippen LogP contribution is -2.74. The van der Waals surface area contributed by atoms with Crippen molar-refractivity contribution in [3.05, 3.63) is 35.4 Å². The zero-order valence-electron chi connectivity index (χ0n) is 20.4. The molecule has 0 unspecified atom stereocenters. The molecule has 2 aliphatic heterocycles. The molecule has 6 heteroatoms. The van der Waals surface area contributed by atoms with Gasteiger partial charge in [0.2, 0.25) is 11.8 Å². The van der Waals surface area contributed by atoms with Crippen LogP contribution in [0, 0.1) is 5.92 Å². The van der Waals surface area contributed by atoms with E-state index in [-0.39, 0.29) is 17.7 Å². The van der Waals surface area contributed by atoms with E-state index in [1.54, 1.807) is 4.90 Å². The fraction of sp³-hybridized carbons (Fsp3) is 0.692. The maximum Gasteiger partial charge on any atom is 0.248 e. The molecule has 2 atom stereocenters. The summed E-state index contributed by atoms with van der Waals surface area (Å²) >= 11 is 0. The van der Waals surface area contributed by atoms with Crippen LogP contribution in [0.3, 0.4) is 0 Å². The lowest BCUT2D eigenvalue weighted by atomic mass is 9.80. The first-order valence-corrected chi connectivity index (χ1v) is 12.3. The number of amides is 2. The first-order chi connectivity index (χ1) is 15.2. The molecule has 1 aromatic carbocycles. The highest BCUT2D eigenvalue weighted by molar-refractivity contribution is 6.00. The molecule has 2 heterocycles. The van der Waals surface area contributed by atoms with Gasteiger partial charge in [-0.2, -0.15) is 0 Å². The van der Waals surface area contributed by atoms with Crippen LogP contribution < -0.4 is 5.32 Å². The number of nitrogens with one attached hydrogen (secondary N) is 1. The Bertz CT molecular complexity index is 782. The Morgan fingerprint density at radius 3 is 2.25 bits per heavy atom. The second-order valence-electron chi connectivity index (χ2n) is 10.2. The van der Waals surface area contributed by atoms with E-state index in [9.17, 15) is 14.7 Å². The molecule has 32 heavy (non-hydrogen) atoms. The number of piperazine rings is 1. The monoisotopic (exact) mass is 443 g/mol. The van der Waals surface area contributed by atoms with Crippen LogP contribution in [0.2, 0.25) is 0 Å². The maximum atomic E-state index is 13.4. The molecule has 1 spiro atoms. The molecule has 1 aromatic rings. The second kappa shape index (κ2) is 10.3. The van der Waals surface area contributed by atoms with E-state index in [4.69, 9.17) is 0 Å². The van der Waals surface area contributed by atoms with Crippen LogP contribution in [0.1, 0.15) is 77.3 Å². The number of carbonyl (C=O) groups excluding carboxylic acids is 2. The van der Waals surface area contributed by atoms with Crippen LogP contribution >= 0.6 is 0 Å². The maximum absolute atomic E-state index is 13.4. The molecule has 0 saturated carbocycles. The minimum absolute atomic E-state index is 0.0983. The highest BCUT2D eigenvalue weighted by atomic mass is 16.3. The van der Waals surface area contributed by atoms with Crippen LogP contribution in [0.4, 0.5) is 0 Å². The number of unbranched alkanes of at least 4 members (excludes halogenated alkanes) is 1. The number of nitrogens with zero attached hydrogens (tertiary/aromatic N) is 2. The molecule has 2 amide bonds. The summed E-state index contributed by atoms with van der Waals surface area (Å²) in [6.45, 7) is 13.2. The number of piperidine rings is 1. The first-order valence-electron chi connectivity index (χ1n) is 12.3. The van der Waals surface area contributed by atoms with Gasteiger partial charge in [0.15, 0.2) is 0 Å². The highest BCUT2D eigenvalue weighted by Crippen LogP contribution is 2.34. The number of benzene rings is 1. The Labute approximate surface area is 193 Å². The number of aliphatic hydroxyl groups is 1. The molecule has 0 aromatic heterocycles. The third-order valence-corrected chi connectivity index (χ3v) is 7.25. The van der Waals surface area contributed by atoms with Crippen LogP contribution in [-0.2, 0) is 16.1 Å². The molecular formula is C26H41N3O3. The van der Waals surface area contributed by atoms with Gasteiger partial charge >= 0.3 is 0 Å². The number of hydrogen-bond donors (Lipinski definition) is 2. The average molecular weight is 444 g/mol. The number of likely N-dealkylation sites (tertiary alicyclic amines) is 1. The number of rotatable bonds is 8. The van der Waals surface area contributed by atoms with Crippen molar-refractivity contribution in [1.82, 2.24) is 15.1 Å². The summed E-state index contributed by atoms with van der Waals surface area (Å²) in [7, 11) is 0. The van der Waals surface area contributed by atoms with E-state index < -0.39 is 17.7 Å². The molecule has 6 nitrogen and oxygen atoms in total. The summed E-state index contributed by atoms with van der Waals surface area (Å²) in [6.07, 6.45) is 2.20. The third-order valence-electron chi connectivity index (χ3n) is 7.25. The summed E-state index contributed by atoms with van der Waals surface area (Å²) in [5.74, 6) is 0.194. The summed E-state index contributed by atoms with van der Waals surface area (Å²) in [5.41, 5.74) is 1.82. The molecule has 2 saturated heterocycles. The number of carbonyl (C=O) groups is 2. The molecule has 0 aliphatic carbocycles. The van der Waals surface area contributed by atoms with Crippen molar-refractivity contribution >= 4 is 11.8 Å². The quantitative estimate of drug-likeness (QED) is 0.647. The zero-order valence-corrected chi connectivity index (χ0v) is 20.4. The predicted molar refractivity (Wildman–Crippen MR) is 127 cm³/mol. The van der Waals surface area contributed by atoms with Gasteiger partial charge in [0.1, 0.15) is 11.6 Å². The van der Waals surface area contributed by atoms with Crippen molar-refractivity contribution in [2.45, 2.75) is 90.4 Å². The summed E-state index contributed by atoms with van der Waals surface area (Å²) in [5, 5.41) is 13.5. The highest BCUT2D eigenvalue weighted by Gasteiger charge is 2.54. The van der Waals surface area contributed by atoms with Crippen molar-refractivity contribution in [2.75, 3.05) is 19.6 Å². The SMILES string of the molecule is CCCCN1C(=O)[C@@H]([C@H](O)C(C)C)NC(=O)C12CCN(Cc1ccc(C(C)C)cc1)CC2. The molecule has 0 radical (unpaired) electrons. The van der Waals surface area contributed by atoms with Crippen molar-refractivity contribution in [3.63, 3.8) is 0 Å². The molecular weight excluding hydrogens is 402 g/mol. The van der Waals surface area contributed by atoms with Crippen LogP contribution in [0.5, 0.6) is 0 Å². The lowest BCUT2D eigenvalue weighted by Gasteiger charge is -2.52. The van der Waals surface area contributed by atoms with Crippen molar-refractivity contribution < 1.29 is 14.7 Å². The van der Waals surface area contributed by atoms with Gasteiger partial charge in [-0.15, -0.1) is 0 Å². The van der Waals surface area contributed by atoms with Crippen LogP contribution in [0.25, 0.3) is 0 Å². The average Bonchev–Trinajstić information content (AvgIpc) is 2.77. The second-order valence-corrected chi connectivity index (χ2v) is 10.2. The first kappa shape index (κ1) is 24.7. The zero-order chi connectivity index (χ0) is 23.5. The fourth-order valence-electron chi connectivity index (χ4n) is 4.94. The third kappa shape index (κ3) is 5.01. The number of aliphatic hydroxyl groups excluding tert-OH is 1. The summed E-state index contributed by atoms with van der Waals surface area (Å²) in [4.78, 5) is 30.9. The Hall–Kier alpha value is -1.92. The topological polar surface area (TPSA) is 72.9 Å².